The molecule has 1 aromatic carbocycles. The first kappa shape index (κ1) is 8.90. The van der Waals surface area contributed by atoms with E-state index in [2.05, 4.69) is 4.98 Å². The van der Waals surface area contributed by atoms with Gasteiger partial charge in [0.15, 0.2) is 5.82 Å². The van der Waals surface area contributed by atoms with Gasteiger partial charge in [0.05, 0.1) is 5.02 Å². The summed E-state index contributed by atoms with van der Waals surface area (Å²) in [4.78, 5) is 4.07. The summed E-state index contributed by atoms with van der Waals surface area (Å²) in [5.74, 6) is 5.92. The highest BCUT2D eigenvalue weighted by Crippen LogP contribution is 2.29. The number of imidazole rings is 1. The van der Waals surface area contributed by atoms with Crippen LogP contribution < -0.4 is 11.6 Å². The molecule has 0 fully saturated rings. The molecule has 0 unspecified atom stereocenters. The molecule has 0 aliphatic carbocycles. The Bertz CT molecular complexity index is 464. The zero-order valence-corrected chi connectivity index (χ0v) is 8.07. The molecule has 4 N–H and O–H groups in total. The Kier molecular flexibility index (Phi) is 2.05. The molecule has 1 aromatic heterocycles. The van der Waals surface area contributed by atoms with Gasteiger partial charge < -0.3 is 11.6 Å². The molecule has 0 amide bonds. The monoisotopic (exact) mass is 208 g/mol. The number of anilines is 1. The van der Waals surface area contributed by atoms with Crippen LogP contribution in [0, 0.1) is 0 Å². The van der Waals surface area contributed by atoms with Crippen molar-refractivity contribution in [1.29, 1.82) is 0 Å². The van der Waals surface area contributed by atoms with E-state index in [1.165, 1.54) is 11.0 Å². The summed E-state index contributed by atoms with van der Waals surface area (Å²) in [6.07, 6.45) is 1.45. The molecule has 0 aliphatic rings. The van der Waals surface area contributed by atoms with Crippen molar-refractivity contribution in [3.05, 3.63) is 35.6 Å². The fourth-order valence-corrected chi connectivity index (χ4v) is 1.46. The number of halogens is 1. The molecule has 0 bridgehead atoms. The number of hydrogen-bond donors (Lipinski definition) is 2. The van der Waals surface area contributed by atoms with E-state index in [0.717, 1.165) is 5.56 Å². The molecule has 4 nitrogen and oxygen atoms in total. The van der Waals surface area contributed by atoms with Crippen LogP contribution in [-0.2, 0) is 0 Å². The van der Waals surface area contributed by atoms with Crippen LogP contribution in [0.1, 0.15) is 0 Å². The van der Waals surface area contributed by atoms with Crippen LogP contribution in [0.4, 0.5) is 5.82 Å². The summed E-state index contributed by atoms with van der Waals surface area (Å²) < 4.78 is 1.26. The Morgan fingerprint density at radius 2 is 2.00 bits per heavy atom. The molecule has 14 heavy (non-hydrogen) atoms. The third kappa shape index (κ3) is 1.29. The number of nitrogens with two attached hydrogens (primary N) is 2. The SMILES string of the molecule is Nc1c(-c2ccccc2Cl)ncn1N. The molecule has 0 aliphatic heterocycles. The Labute approximate surface area is 86.1 Å². The molecule has 2 aromatic rings. The van der Waals surface area contributed by atoms with Crippen molar-refractivity contribution in [3.63, 3.8) is 0 Å². The van der Waals surface area contributed by atoms with Crippen LogP contribution >= 0.6 is 11.6 Å². The Morgan fingerprint density at radius 3 is 2.57 bits per heavy atom. The standard InChI is InChI=1S/C9H9ClN4/c10-7-4-2-1-3-6(7)8-9(11)14(12)5-13-8/h1-5H,11-12H2. The van der Waals surface area contributed by atoms with Gasteiger partial charge in [-0.25, -0.2) is 9.66 Å². The number of hydrogen-bond acceptors (Lipinski definition) is 3. The van der Waals surface area contributed by atoms with Crippen LogP contribution in [0.5, 0.6) is 0 Å². The Morgan fingerprint density at radius 1 is 1.29 bits per heavy atom. The molecular formula is C9H9ClN4. The molecule has 0 atom stereocenters. The summed E-state index contributed by atoms with van der Waals surface area (Å²) in [6.45, 7) is 0. The lowest BCUT2D eigenvalue weighted by Gasteiger charge is -2.01. The number of nitrogens with zero attached hydrogens (tertiary/aromatic N) is 2. The van der Waals surface area contributed by atoms with Crippen molar-refractivity contribution in [2.24, 2.45) is 0 Å². The van der Waals surface area contributed by atoms with E-state index in [1.807, 2.05) is 18.2 Å². The van der Waals surface area contributed by atoms with E-state index in [-0.39, 0.29) is 0 Å². The lowest BCUT2D eigenvalue weighted by Crippen LogP contribution is -2.09. The number of benzene rings is 1. The van der Waals surface area contributed by atoms with Gasteiger partial charge in [0.2, 0.25) is 0 Å². The second-order valence-corrected chi connectivity index (χ2v) is 3.27. The topological polar surface area (TPSA) is 69.9 Å². The van der Waals surface area contributed by atoms with Crippen LogP contribution in [0.2, 0.25) is 5.02 Å². The summed E-state index contributed by atoms with van der Waals surface area (Å²) in [6, 6.07) is 7.35. The molecule has 5 heteroatoms. The van der Waals surface area contributed by atoms with E-state index >= 15 is 0 Å². The minimum Gasteiger partial charge on any atom is -0.382 e. The molecular weight excluding hydrogens is 200 g/mol. The zero-order chi connectivity index (χ0) is 10.1. The second kappa shape index (κ2) is 3.23. The van der Waals surface area contributed by atoms with Gasteiger partial charge in [-0.1, -0.05) is 29.8 Å². The van der Waals surface area contributed by atoms with Gasteiger partial charge in [0.25, 0.3) is 0 Å². The quantitative estimate of drug-likeness (QED) is 0.698. The van der Waals surface area contributed by atoms with Crippen molar-refractivity contribution in [3.8, 4) is 11.3 Å². The van der Waals surface area contributed by atoms with E-state index in [0.29, 0.717) is 16.5 Å². The highest BCUT2D eigenvalue weighted by molar-refractivity contribution is 6.33. The van der Waals surface area contributed by atoms with Crippen molar-refractivity contribution in [2.75, 3.05) is 11.6 Å². The second-order valence-electron chi connectivity index (χ2n) is 2.87. The van der Waals surface area contributed by atoms with Gasteiger partial charge >= 0.3 is 0 Å². The maximum absolute atomic E-state index is 5.99. The summed E-state index contributed by atoms with van der Waals surface area (Å²) in [5, 5.41) is 0.609. The fourth-order valence-electron chi connectivity index (χ4n) is 1.23. The van der Waals surface area contributed by atoms with Gasteiger partial charge in [-0.2, -0.15) is 0 Å². The van der Waals surface area contributed by atoms with Crippen LogP contribution in [0.3, 0.4) is 0 Å². The molecule has 0 spiro atoms. The van der Waals surface area contributed by atoms with Gasteiger partial charge in [-0.15, -0.1) is 0 Å². The van der Waals surface area contributed by atoms with Crippen molar-refractivity contribution in [1.82, 2.24) is 9.66 Å². The maximum Gasteiger partial charge on any atom is 0.150 e. The Hall–Kier alpha value is -1.68. The third-order valence-corrected chi connectivity index (χ3v) is 2.29. The number of nitrogen functional groups attached to an aromatic ring is 2. The molecule has 0 saturated heterocycles. The van der Waals surface area contributed by atoms with Gasteiger partial charge in [0.1, 0.15) is 12.0 Å². The molecule has 0 radical (unpaired) electrons. The molecule has 72 valence electrons. The molecule has 1 heterocycles. The van der Waals surface area contributed by atoms with E-state index < -0.39 is 0 Å². The highest BCUT2D eigenvalue weighted by atomic mass is 35.5. The fraction of sp³-hybridized carbons (Fsp3) is 0. The predicted octanol–water partition coefficient (Wildman–Crippen LogP) is 1.50. The first-order valence-corrected chi connectivity index (χ1v) is 4.40. The van der Waals surface area contributed by atoms with E-state index in [9.17, 15) is 0 Å². The maximum atomic E-state index is 5.99. The summed E-state index contributed by atoms with van der Waals surface area (Å²) >= 11 is 5.99. The number of rotatable bonds is 1. The minimum atomic E-state index is 0.401. The minimum absolute atomic E-state index is 0.401. The first-order chi connectivity index (χ1) is 6.70. The van der Waals surface area contributed by atoms with Gasteiger partial charge in [-0.3, -0.25) is 0 Å². The van der Waals surface area contributed by atoms with E-state index in [4.69, 9.17) is 23.2 Å². The number of aromatic nitrogens is 2. The highest BCUT2D eigenvalue weighted by Gasteiger charge is 2.10. The third-order valence-electron chi connectivity index (χ3n) is 1.96. The molecule has 0 saturated carbocycles. The van der Waals surface area contributed by atoms with Crippen molar-refractivity contribution >= 4 is 17.4 Å². The lowest BCUT2D eigenvalue weighted by molar-refractivity contribution is 1.01. The summed E-state index contributed by atoms with van der Waals surface area (Å²) in [5.41, 5.74) is 7.12. The zero-order valence-electron chi connectivity index (χ0n) is 7.31. The van der Waals surface area contributed by atoms with Gasteiger partial charge in [0, 0.05) is 5.56 Å². The van der Waals surface area contributed by atoms with Crippen LogP contribution in [-0.4, -0.2) is 9.66 Å². The van der Waals surface area contributed by atoms with Crippen LogP contribution in [0.15, 0.2) is 30.6 Å². The largest absolute Gasteiger partial charge is 0.382 e. The average molecular weight is 209 g/mol. The Balaban J connectivity index is 2.60. The van der Waals surface area contributed by atoms with E-state index in [1.54, 1.807) is 6.07 Å². The first-order valence-electron chi connectivity index (χ1n) is 4.03. The van der Waals surface area contributed by atoms with Gasteiger partial charge in [-0.05, 0) is 6.07 Å². The average Bonchev–Trinajstić information content (AvgIpc) is 2.49. The van der Waals surface area contributed by atoms with Crippen molar-refractivity contribution < 1.29 is 0 Å². The molecule has 2 rings (SSSR count). The van der Waals surface area contributed by atoms with Crippen LogP contribution in [0.25, 0.3) is 11.3 Å². The predicted molar refractivity (Wildman–Crippen MR) is 57.2 cm³/mol. The van der Waals surface area contributed by atoms with Crippen molar-refractivity contribution in [2.45, 2.75) is 0 Å². The normalized spacial score (nSPS) is 10.4. The smallest absolute Gasteiger partial charge is 0.150 e. The lowest BCUT2D eigenvalue weighted by atomic mass is 10.1. The summed E-state index contributed by atoms with van der Waals surface area (Å²) in [7, 11) is 0.